The molecule has 5 nitrogen and oxygen atoms in total. The number of carbonyl (C=O) groups excluding carboxylic acids is 2. The van der Waals surface area contributed by atoms with Crippen molar-refractivity contribution in [1.82, 2.24) is 10.2 Å². The van der Waals surface area contributed by atoms with E-state index in [4.69, 9.17) is 23.2 Å². The number of hydrogen-bond acceptors (Lipinski definition) is 4. The van der Waals surface area contributed by atoms with Gasteiger partial charge in [0.25, 0.3) is 5.91 Å². The Labute approximate surface area is 244 Å². The van der Waals surface area contributed by atoms with Gasteiger partial charge in [-0.1, -0.05) is 60.3 Å². The van der Waals surface area contributed by atoms with Crippen LogP contribution in [0.5, 0.6) is 0 Å². The first kappa shape index (κ1) is 30.9. The molecule has 1 heterocycles. The molecule has 0 bridgehead atoms. The van der Waals surface area contributed by atoms with Crippen molar-refractivity contribution < 1.29 is 17.2 Å². The van der Waals surface area contributed by atoms with Crippen molar-refractivity contribution in [2.45, 2.75) is 51.4 Å². The number of unbranched alkanes of at least 4 members (excludes halogenated alkanes) is 3. The number of benzene rings is 2. The van der Waals surface area contributed by atoms with Crippen LogP contribution in [-0.2, 0) is 14.3 Å². The summed E-state index contributed by atoms with van der Waals surface area (Å²) in [6.45, 7) is 5.10. The molecule has 1 amide bonds. The number of carbonyl (C=O) groups is 2. The molecule has 0 saturated carbocycles. The summed E-state index contributed by atoms with van der Waals surface area (Å²) in [6, 6.07) is 16.6. The first-order valence-electron chi connectivity index (χ1n) is 12.6. The summed E-state index contributed by atoms with van der Waals surface area (Å²) in [5, 5.41) is 4.32. The van der Waals surface area contributed by atoms with Gasteiger partial charge in [-0.2, -0.15) is 0 Å². The minimum Gasteiger partial charge on any atom is -1.00 e. The Morgan fingerprint density at radius 1 is 0.944 bits per heavy atom. The van der Waals surface area contributed by atoms with Gasteiger partial charge in [-0.15, -0.1) is 0 Å². The third-order valence-electron chi connectivity index (χ3n) is 6.69. The molecule has 1 N–H and O–H groups in total. The molecule has 8 heteroatoms. The largest absolute Gasteiger partial charge is 2.00 e. The number of hydrogen-bond donors (Lipinski definition) is 1. The van der Waals surface area contributed by atoms with E-state index >= 15 is 0 Å². The van der Waals surface area contributed by atoms with Crippen LogP contribution in [0, 0.1) is 5.92 Å². The molecule has 36 heavy (non-hydrogen) atoms. The number of esters is 1. The maximum absolute atomic E-state index is 11.5. The van der Waals surface area contributed by atoms with Gasteiger partial charge >= 0.3 is 29.0 Å². The van der Waals surface area contributed by atoms with Crippen LogP contribution in [0.1, 0.15) is 65.3 Å². The summed E-state index contributed by atoms with van der Waals surface area (Å²) in [5.41, 5.74) is 2.63. The summed E-state index contributed by atoms with van der Waals surface area (Å²) in [4.78, 5) is 24.8. The van der Waals surface area contributed by atoms with Gasteiger partial charge in [-0.05, 0) is 86.6 Å². The quantitative estimate of drug-likeness (QED) is 0.204. The average molecular weight is 546 g/mol. The van der Waals surface area contributed by atoms with E-state index in [1.54, 1.807) is 0 Å². The van der Waals surface area contributed by atoms with Crippen molar-refractivity contribution in [3.05, 3.63) is 69.7 Å². The second-order valence-corrected chi connectivity index (χ2v) is 10.2. The van der Waals surface area contributed by atoms with E-state index in [9.17, 15) is 9.59 Å². The van der Waals surface area contributed by atoms with Crippen LogP contribution >= 0.6 is 23.2 Å². The molecule has 1 saturated heterocycles. The second kappa shape index (κ2) is 16.5. The molecule has 1 aliphatic heterocycles. The fourth-order valence-corrected chi connectivity index (χ4v) is 5.10. The molecular formula is C28H38Cl2MgN2O3. The predicted molar refractivity (Wildman–Crippen MR) is 150 cm³/mol. The Bertz CT molecular complexity index is 899. The van der Waals surface area contributed by atoms with Crippen LogP contribution in [0.3, 0.4) is 0 Å². The molecule has 0 spiro atoms. The van der Waals surface area contributed by atoms with Gasteiger partial charge in [0.15, 0.2) is 6.61 Å². The number of likely N-dealkylation sites (tertiary alicyclic amines) is 1. The monoisotopic (exact) mass is 544 g/mol. The number of halogens is 2. The van der Waals surface area contributed by atoms with Crippen LogP contribution in [0.15, 0.2) is 48.5 Å². The smallest absolute Gasteiger partial charge is 1.00 e. The Morgan fingerprint density at radius 3 is 2.00 bits per heavy atom. The van der Waals surface area contributed by atoms with Gasteiger partial charge in [0.2, 0.25) is 0 Å². The van der Waals surface area contributed by atoms with Gasteiger partial charge in [0.05, 0.1) is 0 Å². The molecule has 2 aromatic rings. The minimum absolute atomic E-state index is 0. The fourth-order valence-electron chi connectivity index (χ4n) is 4.85. The normalized spacial score (nSPS) is 14.3. The van der Waals surface area contributed by atoms with Crippen LogP contribution in [0.25, 0.3) is 0 Å². The third-order valence-corrected chi connectivity index (χ3v) is 7.20. The minimum atomic E-state index is -0.435. The van der Waals surface area contributed by atoms with E-state index in [2.05, 4.69) is 39.2 Å². The maximum Gasteiger partial charge on any atom is 2.00 e. The van der Waals surface area contributed by atoms with Crippen LogP contribution in [0.2, 0.25) is 10.0 Å². The Hall–Kier alpha value is -1.31. The SMILES string of the molecule is CC(=O)OCC(=O)NCCCCCCN1CCC(C(c2ccc(Cl)cc2)c2ccc(Cl)cc2)CC1.[H-].[H-].[Mg+2]. The number of rotatable bonds is 12. The molecule has 1 fully saturated rings. The van der Waals surface area contributed by atoms with E-state index in [1.165, 1.54) is 37.3 Å². The van der Waals surface area contributed by atoms with E-state index in [1.807, 2.05) is 24.3 Å². The van der Waals surface area contributed by atoms with E-state index in [0.29, 0.717) is 18.4 Å². The van der Waals surface area contributed by atoms with E-state index < -0.39 is 5.97 Å². The number of piperidine rings is 1. The fraction of sp³-hybridized carbons (Fsp3) is 0.500. The first-order valence-corrected chi connectivity index (χ1v) is 13.3. The van der Waals surface area contributed by atoms with Crippen LogP contribution in [-0.4, -0.2) is 72.6 Å². The molecule has 1 aliphatic rings. The van der Waals surface area contributed by atoms with Crippen molar-refractivity contribution in [1.29, 1.82) is 0 Å². The molecule has 2 aromatic carbocycles. The molecule has 0 atom stereocenters. The summed E-state index contributed by atoms with van der Waals surface area (Å²) in [6.07, 6.45) is 6.69. The zero-order valence-corrected chi connectivity index (χ0v) is 24.1. The van der Waals surface area contributed by atoms with Crippen molar-refractivity contribution in [2.24, 2.45) is 5.92 Å². The summed E-state index contributed by atoms with van der Waals surface area (Å²) < 4.78 is 4.68. The number of amides is 1. The third kappa shape index (κ3) is 10.6. The van der Waals surface area contributed by atoms with Gasteiger partial charge in [-0.25, -0.2) is 0 Å². The van der Waals surface area contributed by atoms with Crippen molar-refractivity contribution in [3.8, 4) is 0 Å². The molecular weight excluding hydrogens is 508 g/mol. The molecule has 0 radical (unpaired) electrons. The Balaban J connectivity index is 0.00000456. The Kier molecular flexibility index (Phi) is 14.2. The zero-order chi connectivity index (χ0) is 25.0. The van der Waals surface area contributed by atoms with Gasteiger partial charge < -0.3 is 17.8 Å². The number of nitrogens with one attached hydrogen (secondary N) is 1. The summed E-state index contributed by atoms with van der Waals surface area (Å²) in [7, 11) is 0. The van der Waals surface area contributed by atoms with E-state index in [0.717, 1.165) is 48.9 Å². The number of nitrogens with zero attached hydrogens (tertiary/aromatic N) is 1. The van der Waals surface area contributed by atoms with E-state index in [-0.39, 0.29) is 38.4 Å². The van der Waals surface area contributed by atoms with Crippen LogP contribution < -0.4 is 5.32 Å². The average Bonchev–Trinajstić information content (AvgIpc) is 2.85. The summed E-state index contributed by atoms with van der Waals surface area (Å²) in [5.74, 6) is 0.264. The topological polar surface area (TPSA) is 58.6 Å². The van der Waals surface area contributed by atoms with Crippen molar-refractivity contribution in [2.75, 3.05) is 32.8 Å². The molecule has 0 unspecified atom stereocenters. The predicted octanol–water partition coefficient (Wildman–Crippen LogP) is 5.92. The van der Waals surface area contributed by atoms with Gasteiger partial charge in [0.1, 0.15) is 0 Å². The standard InChI is InChI=1S/C28H36Cl2N2O3.Mg.2H/c1-21(33)35-20-27(34)31-16-4-2-3-5-17-32-18-14-24(15-19-32)28(22-6-10-25(29)11-7-22)23-8-12-26(30)13-9-23;;;/h6-13,24,28H,2-5,14-20H2,1H3,(H,31,34);;;/q;+2;2*-1. The maximum atomic E-state index is 11.5. The van der Waals surface area contributed by atoms with Gasteiger partial charge in [-0.3, -0.25) is 9.59 Å². The van der Waals surface area contributed by atoms with Crippen molar-refractivity contribution >= 4 is 58.1 Å². The Morgan fingerprint density at radius 2 is 1.47 bits per heavy atom. The molecule has 194 valence electrons. The molecule has 3 rings (SSSR count). The van der Waals surface area contributed by atoms with Crippen LogP contribution in [0.4, 0.5) is 0 Å². The first-order chi connectivity index (χ1) is 16.9. The molecule has 0 aliphatic carbocycles. The zero-order valence-electron chi connectivity index (χ0n) is 23.2. The van der Waals surface area contributed by atoms with Gasteiger partial charge in [0, 0.05) is 29.4 Å². The molecule has 0 aromatic heterocycles. The number of ether oxygens (including phenoxy) is 1. The summed E-state index contributed by atoms with van der Waals surface area (Å²) >= 11 is 12.3. The second-order valence-electron chi connectivity index (χ2n) is 9.30. The van der Waals surface area contributed by atoms with Crippen molar-refractivity contribution in [3.63, 3.8) is 0 Å².